The fourth-order valence-corrected chi connectivity index (χ4v) is 4.14. The van der Waals surface area contributed by atoms with Crippen LogP contribution in [0.5, 0.6) is 0 Å². The molecule has 6 nitrogen and oxygen atoms in total. The summed E-state index contributed by atoms with van der Waals surface area (Å²) < 4.78 is 31.6. The van der Waals surface area contributed by atoms with Crippen molar-refractivity contribution in [3.63, 3.8) is 0 Å². The summed E-state index contributed by atoms with van der Waals surface area (Å²) in [5, 5.41) is 3.32. The number of nitrogens with one attached hydrogen (secondary N) is 1. The summed E-state index contributed by atoms with van der Waals surface area (Å²) in [5.41, 5.74) is 0.705. The van der Waals surface area contributed by atoms with Crippen molar-refractivity contribution >= 4 is 41.6 Å². The van der Waals surface area contributed by atoms with E-state index in [1.807, 2.05) is 6.92 Å². The second kappa shape index (κ2) is 11.1. The summed E-state index contributed by atoms with van der Waals surface area (Å²) >= 11 is 0. The van der Waals surface area contributed by atoms with Crippen LogP contribution in [0.4, 0.5) is 14.5 Å². The van der Waals surface area contributed by atoms with Crippen molar-refractivity contribution in [1.29, 1.82) is 0 Å². The second-order valence-electron chi connectivity index (χ2n) is 7.91. The maximum Gasteiger partial charge on any atom is 0.310 e. The van der Waals surface area contributed by atoms with Gasteiger partial charge >= 0.3 is 5.97 Å². The molecule has 168 valence electrons. The molecule has 2 heterocycles. The van der Waals surface area contributed by atoms with Gasteiger partial charge in [0.1, 0.15) is 0 Å². The van der Waals surface area contributed by atoms with E-state index in [1.54, 1.807) is 6.07 Å². The highest BCUT2D eigenvalue weighted by Crippen LogP contribution is 2.27. The Morgan fingerprint density at radius 3 is 2.70 bits per heavy atom. The molecule has 0 aliphatic carbocycles. The SMILES string of the molecule is CCNC(=NCC1CCN(c2ccc(F)c(F)c2)C1)N1CC(C)C(C(=O)OC)C1.I. The Bertz CT molecular complexity index is 765. The lowest BCUT2D eigenvalue weighted by Crippen LogP contribution is -2.41. The topological polar surface area (TPSA) is 57.2 Å². The zero-order chi connectivity index (χ0) is 21.0. The van der Waals surface area contributed by atoms with Gasteiger partial charge in [0.05, 0.1) is 13.0 Å². The molecule has 1 N–H and O–H groups in total. The first-order valence-corrected chi connectivity index (χ1v) is 10.2. The van der Waals surface area contributed by atoms with E-state index < -0.39 is 11.6 Å². The Morgan fingerprint density at radius 2 is 2.03 bits per heavy atom. The lowest BCUT2D eigenvalue weighted by atomic mass is 9.99. The molecule has 0 aromatic heterocycles. The number of benzene rings is 1. The molecular weight excluding hydrogens is 505 g/mol. The molecule has 0 bridgehead atoms. The van der Waals surface area contributed by atoms with Gasteiger partial charge in [0.2, 0.25) is 0 Å². The number of rotatable bonds is 5. The molecule has 0 amide bonds. The van der Waals surface area contributed by atoms with Gasteiger partial charge in [-0.1, -0.05) is 6.92 Å². The fraction of sp³-hybridized carbons (Fsp3) is 0.619. The summed E-state index contributed by atoms with van der Waals surface area (Å²) in [5.74, 6) is -0.587. The molecule has 9 heteroatoms. The highest BCUT2D eigenvalue weighted by atomic mass is 127. The van der Waals surface area contributed by atoms with Gasteiger partial charge in [-0.3, -0.25) is 9.79 Å². The number of hydrogen-bond acceptors (Lipinski definition) is 4. The molecule has 2 aliphatic rings. The van der Waals surface area contributed by atoms with Gasteiger partial charge < -0.3 is 19.9 Å². The van der Waals surface area contributed by atoms with Crippen molar-refractivity contribution in [1.82, 2.24) is 10.2 Å². The van der Waals surface area contributed by atoms with E-state index in [9.17, 15) is 13.6 Å². The molecule has 3 atom stereocenters. The number of carbonyl (C=O) groups excluding carboxylic acids is 1. The third-order valence-corrected chi connectivity index (χ3v) is 5.80. The lowest BCUT2D eigenvalue weighted by Gasteiger charge is -2.22. The van der Waals surface area contributed by atoms with Gasteiger partial charge in [-0.25, -0.2) is 8.78 Å². The van der Waals surface area contributed by atoms with Crippen LogP contribution in [-0.4, -0.2) is 63.2 Å². The average Bonchev–Trinajstić information content (AvgIpc) is 3.33. The summed E-state index contributed by atoms with van der Waals surface area (Å²) in [6, 6.07) is 4.04. The van der Waals surface area contributed by atoms with E-state index in [0.717, 1.165) is 38.6 Å². The first-order chi connectivity index (χ1) is 13.9. The molecule has 1 aromatic carbocycles. The van der Waals surface area contributed by atoms with Crippen LogP contribution in [0.25, 0.3) is 0 Å². The average molecular weight is 536 g/mol. The minimum absolute atomic E-state index is 0. The summed E-state index contributed by atoms with van der Waals surface area (Å²) in [6.45, 7) is 8.40. The van der Waals surface area contributed by atoms with Gasteiger partial charge in [0.15, 0.2) is 17.6 Å². The highest BCUT2D eigenvalue weighted by molar-refractivity contribution is 14.0. The van der Waals surface area contributed by atoms with Crippen LogP contribution in [-0.2, 0) is 9.53 Å². The molecule has 2 fully saturated rings. The number of methoxy groups -OCH3 is 1. The summed E-state index contributed by atoms with van der Waals surface area (Å²) in [4.78, 5) is 21.0. The van der Waals surface area contributed by atoms with Gasteiger partial charge in [-0.15, -0.1) is 24.0 Å². The lowest BCUT2D eigenvalue weighted by molar-refractivity contribution is -0.145. The summed E-state index contributed by atoms with van der Waals surface area (Å²) in [6.07, 6.45) is 0.948. The van der Waals surface area contributed by atoms with Crippen molar-refractivity contribution < 1.29 is 18.3 Å². The predicted octanol–water partition coefficient (Wildman–Crippen LogP) is 3.12. The van der Waals surface area contributed by atoms with Crippen LogP contribution in [0.2, 0.25) is 0 Å². The van der Waals surface area contributed by atoms with Crippen molar-refractivity contribution in [3.8, 4) is 0 Å². The van der Waals surface area contributed by atoms with Gasteiger partial charge in [0, 0.05) is 51.0 Å². The van der Waals surface area contributed by atoms with Crippen LogP contribution in [0.1, 0.15) is 20.3 Å². The van der Waals surface area contributed by atoms with E-state index in [1.165, 1.54) is 19.2 Å². The molecule has 3 rings (SSSR count). The Kier molecular flexibility index (Phi) is 9.11. The quantitative estimate of drug-likeness (QED) is 0.272. The van der Waals surface area contributed by atoms with Crippen molar-refractivity contribution in [2.75, 3.05) is 51.3 Å². The number of halogens is 3. The Labute approximate surface area is 194 Å². The van der Waals surface area contributed by atoms with Gasteiger partial charge in [-0.05, 0) is 37.3 Å². The zero-order valence-corrected chi connectivity index (χ0v) is 20.1. The fourth-order valence-electron chi connectivity index (χ4n) is 4.14. The molecule has 2 aliphatic heterocycles. The van der Waals surface area contributed by atoms with Gasteiger partial charge in [-0.2, -0.15) is 0 Å². The van der Waals surface area contributed by atoms with Crippen LogP contribution < -0.4 is 10.2 Å². The molecule has 0 saturated carbocycles. The number of nitrogens with zero attached hydrogens (tertiary/aromatic N) is 3. The monoisotopic (exact) mass is 536 g/mol. The molecule has 1 aromatic rings. The second-order valence-corrected chi connectivity index (χ2v) is 7.91. The number of guanidine groups is 1. The van der Waals surface area contributed by atoms with E-state index in [0.29, 0.717) is 24.7 Å². The number of carbonyl (C=O) groups is 1. The highest BCUT2D eigenvalue weighted by Gasteiger charge is 2.37. The third kappa shape index (κ3) is 5.73. The van der Waals surface area contributed by atoms with Crippen molar-refractivity contribution in [2.45, 2.75) is 20.3 Å². The Morgan fingerprint density at radius 1 is 1.27 bits per heavy atom. The minimum atomic E-state index is -0.825. The van der Waals surface area contributed by atoms with Crippen molar-refractivity contribution in [2.24, 2.45) is 22.7 Å². The summed E-state index contributed by atoms with van der Waals surface area (Å²) in [7, 11) is 1.43. The number of aliphatic imine (C=N–C) groups is 1. The van der Waals surface area contributed by atoms with E-state index in [2.05, 4.69) is 22.0 Å². The number of likely N-dealkylation sites (tertiary alicyclic amines) is 1. The predicted molar refractivity (Wildman–Crippen MR) is 124 cm³/mol. The van der Waals surface area contributed by atoms with E-state index in [4.69, 9.17) is 9.73 Å². The molecular formula is C21H31F2IN4O2. The number of hydrogen-bond donors (Lipinski definition) is 1. The maximum atomic E-state index is 13.5. The molecule has 0 spiro atoms. The first kappa shape index (κ1) is 24.6. The Balaban J connectivity index is 0.00000320. The normalized spacial score (nSPS) is 24.0. The standard InChI is InChI=1S/C21H30F2N4O2.HI/c1-4-24-21(27-11-14(2)17(13-27)20(28)29-3)25-10-15-7-8-26(12-15)16-5-6-18(22)19(23)9-16;/h5-6,9,14-15,17H,4,7-8,10-13H2,1-3H3,(H,24,25);1H. The van der Waals surface area contributed by atoms with Gasteiger partial charge in [0.25, 0.3) is 0 Å². The maximum absolute atomic E-state index is 13.5. The van der Waals surface area contributed by atoms with Crippen LogP contribution in [0.3, 0.4) is 0 Å². The van der Waals surface area contributed by atoms with Crippen LogP contribution in [0.15, 0.2) is 23.2 Å². The molecule has 0 radical (unpaired) electrons. The minimum Gasteiger partial charge on any atom is -0.469 e. The largest absolute Gasteiger partial charge is 0.469 e. The Hall–Kier alpha value is -1.65. The number of esters is 1. The van der Waals surface area contributed by atoms with E-state index in [-0.39, 0.29) is 41.8 Å². The molecule has 30 heavy (non-hydrogen) atoms. The third-order valence-electron chi connectivity index (χ3n) is 5.80. The first-order valence-electron chi connectivity index (χ1n) is 10.2. The zero-order valence-electron chi connectivity index (χ0n) is 17.7. The van der Waals surface area contributed by atoms with Crippen LogP contribution in [0, 0.1) is 29.4 Å². The molecule has 2 saturated heterocycles. The van der Waals surface area contributed by atoms with E-state index >= 15 is 0 Å². The number of anilines is 1. The molecule has 3 unspecified atom stereocenters. The smallest absolute Gasteiger partial charge is 0.310 e. The number of ether oxygens (including phenoxy) is 1. The van der Waals surface area contributed by atoms with Crippen LogP contribution >= 0.6 is 24.0 Å². The van der Waals surface area contributed by atoms with Crippen molar-refractivity contribution in [3.05, 3.63) is 29.8 Å².